The van der Waals surface area contributed by atoms with Crippen molar-refractivity contribution in [1.29, 1.82) is 0 Å². The third kappa shape index (κ3) is 3.05. The predicted molar refractivity (Wildman–Crippen MR) is 57.5 cm³/mol. The number of ether oxygens (including phenoxy) is 2. The van der Waals surface area contributed by atoms with Gasteiger partial charge in [0.15, 0.2) is 5.78 Å². The van der Waals surface area contributed by atoms with Crippen LogP contribution in [0.4, 0.5) is 0 Å². The van der Waals surface area contributed by atoms with Crippen molar-refractivity contribution in [2.45, 2.75) is 37.7 Å². The van der Waals surface area contributed by atoms with Gasteiger partial charge >= 0.3 is 0 Å². The van der Waals surface area contributed by atoms with E-state index in [1.807, 2.05) is 0 Å². The number of hydrogen-bond acceptors (Lipinski definition) is 3. The molecule has 1 rings (SSSR count). The van der Waals surface area contributed by atoms with Crippen molar-refractivity contribution in [3.8, 4) is 12.3 Å². The lowest BCUT2D eigenvalue weighted by Crippen LogP contribution is -2.45. The molecule has 84 valence electrons. The fourth-order valence-electron chi connectivity index (χ4n) is 1.88. The summed E-state index contributed by atoms with van der Waals surface area (Å²) >= 11 is 0. The average Bonchev–Trinajstić information content (AvgIpc) is 2.30. The Morgan fingerprint density at radius 3 is 2.73 bits per heavy atom. The first-order valence-electron chi connectivity index (χ1n) is 5.35. The monoisotopic (exact) mass is 210 g/mol. The molecule has 1 saturated heterocycles. The molecule has 0 saturated carbocycles. The van der Waals surface area contributed by atoms with E-state index in [9.17, 15) is 4.79 Å². The first-order valence-corrected chi connectivity index (χ1v) is 5.35. The first kappa shape index (κ1) is 12.2. The van der Waals surface area contributed by atoms with E-state index in [1.54, 1.807) is 7.11 Å². The Balaban J connectivity index is 2.49. The van der Waals surface area contributed by atoms with Crippen molar-refractivity contribution in [3.63, 3.8) is 0 Å². The SMILES string of the molecule is C#CCCCC(=O)C1(OC)CCOCC1. The zero-order valence-corrected chi connectivity index (χ0v) is 9.25. The highest BCUT2D eigenvalue weighted by molar-refractivity contribution is 5.87. The standard InChI is InChI=1S/C12H18O3/c1-3-4-5-6-11(13)12(14-2)7-9-15-10-8-12/h1H,4-10H2,2H3. The fourth-order valence-corrected chi connectivity index (χ4v) is 1.88. The summed E-state index contributed by atoms with van der Waals surface area (Å²) < 4.78 is 10.6. The molecule has 0 aromatic heterocycles. The van der Waals surface area contributed by atoms with Crippen molar-refractivity contribution in [2.75, 3.05) is 20.3 Å². The molecular weight excluding hydrogens is 192 g/mol. The Morgan fingerprint density at radius 2 is 2.20 bits per heavy atom. The first-order chi connectivity index (χ1) is 7.25. The molecule has 15 heavy (non-hydrogen) atoms. The molecule has 0 N–H and O–H groups in total. The molecule has 0 unspecified atom stereocenters. The van der Waals surface area contributed by atoms with Crippen LogP contribution in [0.25, 0.3) is 0 Å². The molecule has 0 aliphatic carbocycles. The van der Waals surface area contributed by atoms with Crippen LogP contribution in [0.3, 0.4) is 0 Å². The third-order valence-electron chi connectivity index (χ3n) is 2.92. The van der Waals surface area contributed by atoms with Crippen molar-refractivity contribution in [3.05, 3.63) is 0 Å². The summed E-state index contributed by atoms with van der Waals surface area (Å²) in [5.41, 5.74) is -0.604. The summed E-state index contributed by atoms with van der Waals surface area (Å²) in [5.74, 6) is 2.71. The minimum absolute atomic E-state index is 0.170. The van der Waals surface area contributed by atoms with Gasteiger partial charge < -0.3 is 9.47 Å². The number of unbranched alkanes of at least 4 members (excludes halogenated alkanes) is 1. The number of carbonyl (C=O) groups excluding carboxylic acids is 1. The van der Waals surface area contributed by atoms with Crippen LogP contribution in [0.1, 0.15) is 32.1 Å². The Labute approximate surface area is 91.1 Å². The summed E-state index contributed by atoms with van der Waals surface area (Å²) in [6, 6.07) is 0. The van der Waals surface area contributed by atoms with E-state index in [0.717, 1.165) is 6.42 Å². The highest BCUT2D eigenvalue weighted by Gasteiger charge is 2.39. The Bertz CT molecular complexity index is 246. The molecule has 1 aliphatic rings. The van der Waals surface area contributed by atoms with E-state index in [4.69, 9.17) is 15.9 Å². The molecule has 1 aliphatic heterocycles. The quantitative estimate of drug-likeness (QED) is 0.510. The van der Waals surface area contributed by atoms with Gasteiger partial charge in [0.1, 0.15) is 5.60 Å². The van der Waals surface area contributed by atoms with Gasteiger partial charge in [-0.05, 0) is 6.42 Å². The van der Waals surface area contributed by atoms with Crippen LogP contribution in [0, 0.1) is 12.3 Å². The van der Waals surface area contributed by atoms with Gasteiger partial charge in [-0.15, -0.1) is 12.3 Å². The maximum atomic E-state index is 12.0. The van der Waals surface area contributed by atoms with Crippen LogP contribution in [0.5, 0.6) is 0 Å². The Kier molecular flexibility index (Phi) is 4.80. The van der Waals surface area contributed by atoms with E-state index in [2.05, 4.69) is 5.92 Å². The molecule has 0 radical (unpaired) electrons. The number of ketones is 1. The van der Waals surface area contributed by atoms with Crippen molar-refractivity contribution in [1.82, 2.24) is 0 Å². The van der Waals surface area contributed by atoms with Crippen LogP contribution in [0.15, 0.2) is 0 Å². The minimum Gasteiger partial charge on any atom is -0.381 e. The smallest absolute Gasteiger partial charge is 0.164 e. The molecule has 0 aromatic carbocycles. The van der Waals surface area contributed by atoms with E-state index in [1.165, 1.54) is 0 Å². The largest absolute Gasteiger partial charge is 0.381 e. The van der Waals surface area contributed by atoms with Gasteiger partial charge in [0.05, 0.1) is 0 Å². The molecule has 1 fully saturated rings. The second kappa shape index (κ2) is 5.89. The van der Waals surface area contributed by atoms with Crippen LogP contribution < -0.4 is 0 Å². The molecule has 1 heterocycles. The lowest BCUT2D eigenvalue weighted by Gasteiger charge is -2.34. The van der Waals surface area contributed by atoms with Gasteiger partial charge in [-0.3, -0.25) is 4.79 Å². The van der Waals surface area contributed by atoms with E-state index < -0.39 is 5.60 Å². The third-order valence-corrected chi connectivity index (χ3v) is 2.92. The molecule has 0 spiro atoms. The van der Waals surface area contributed by atoms with Gasteiger partial charge in [-0.1, -0.05) is 0 Å². The zero-order chi connectivity index (χ0) is 11.1. The molecule has 3 heteroatoms. The lowest BCUT2D eigenvalue weighted by atomic mass is 9.87. The molecule has 0 amide bonds. The van der Waals surface area contributed by atoms with Gasteiger partial charge in [0.2, 0.25) is 0 Å². The topological polar surface area (TPSA) is 35.5 Å². The van der Waals surface area contributed by atoms with E-state index >= 15 is 0 Å². The number of rotatable bonds is 5. The fraction of sp³-hybridized carbons (Fsp3) is 0.750. The van der Waals surface area contributed by atoms with Crippen molar-refractivity contribution in [2.24, 2.45) is 0 Å². The molecule has 0 aromatic rings. The molecule has 0 bridgehead atoms. The van der Waals surface area contributed by atoms with Crippen LogP contribution in [-0.4, -0.2) is 31.7 Å². The van der Waals surface area contributed by atoms with Gasteiger partial charge in [0, 0.05) is 46.0 Å². The normalized spacial score (nSPS) is 19.5. The summed E-state index contributed by atoms with van der Waals surface area (Å²) in [6.45, 7) is 1.21. The maximum absolute atomic E-state index is 12.0. The lowest BCUT2D eigenvalue weighted by molar-refractivity contribution is -0.152. The van der Waals surface area contributed by atoms with Gasteiger partial charge in [0.25, 0.3) is 0 Å². The highest BCUT2D eigenvalue weighted by atomic mass is 16.5. The Hall–Kier alpha value is -0.850. The van der Waals surface area contributed by atoms with Gasteiger partial charge in [-0.25, -0.2) is 0 Å². The summed E-state index contributed by atoms with van der Waals surface area (Å²) in [4.78, 5) is 12.0. The molecule has 3 nitrogen and oxygen atoms in total. The van der Waals surface area contributed by atoms with Crippen molar-refractivity contribution < 1.29 is 14.3 Å². The Morgan fingerprint density at radius 1 is 1.53 bits per heavy atom. The second-order valence-corrected chi connectivity index (χ2v) is 3.79. The van der Waals surface area contributed by atoms with Crippen molar-refractivity contribution >= 4 is 5.78 Å². The van der Waals surface area contributed by atoms with E-state index in [0.29, 0.717) is 38.9 Å². The maximum Gasteiger partial charge on any atom is 0.164 e. The number of hydrogen-bond donors (Lipinski definition) is 0. The van der Waals surface area contributed by atoms with E-state index in [-0.39, 0.29) is 5.78 Å². The number of carbonyl (C=O) groups is 1. The molecule has 0 atom stereocenters. The minimum atomic E-state index is -0.604. The highest BCUT2D eigenvalue weighted by Crippen LogP contribution is 2.27. The zero-order valence-electron chi connectivity index (χ0n) is 9.25. The van der Waals surface area contributed by atoms with Crippen LogP contribution in [-0.2, 0) is 14.3 Å². The average molecular weight is 210 g/mol. The number of terminal acetylenes is 1. The number of Topliss-reactive ketones (excluding diaryl/α,β-unsaturated/α-hetero) is 1. The van der Waals surface area contributed by atoms with Crippen LogP contribution >= 0.6 is 0 Å². The van der Waals surface area contributed by atoms with Gasteiger partial charge in [-0.2, -0.15) is 0 Å². The summed E-state index contributed by atoms with van der Waals surface area (Å²) in [7, 11) is 1.60. The second-order valence-electron chi connectivity index (χ2n) is 3.79. The summed E-state index contributed by atoms with van der Waals surface area (Å²) in [6.07, 6.45) is 8.39. The molecular formula is C12H18O3. The number of methoxy groups -OCH3 is 1. The summed E-state index contributed by atoms with van der Waals surface area (Å²) in [5, 5.41) is 0. The predicted octanol–water partition coefficient (Wildman–Crippen LogP) is 1.55. The van der Waals surface area contributed by atoms with Crippen LogP contribution in [0.2, 0.25) is 0 Å².